The Morgan fingerprint density at radius 3 is 2.73 bits per heavy atom. The molecule has 0 radical (unpaired) electrons. The second kappa shape index (κ2) is 12.7. The molecule has 4 N–H and O–H groups in total. The molecule has 0 spiro atoms. The van der Waals surface area contributed by atoms with Gasteiger partial charge in [-0.3, -0.25) is 4.68 Å². The van der Waals surface area contributed by atoms with Gasteiger partial charge in [0.2, 0.25) is 5.95 Å². The maximum absolute atomic E-state index is 9.02. The summed E-state index contributed by atoms with van der Waals surface area (Å²) in [6.07, 6.45) is 5.38. The van der Waals surface area contributed by atoms with Crippen molar-refractivity contribution in [2.75, 3.05) is 68.1 Å². The molecule has 0 aliphatic carbocycles. The van der Waals surface area contributed by atoms with Gasteiger partial charge >= 0.3 is 0 Å². The van der Waals surface area contributed by atoms with E-state index in [-0.39, 0.29) is 6.61 Å². The molecule has 0 saturated carbocycles. The molecule has 3 aromatic rings. The van der Waals surface area contributed by atoms with Gasteiger partial charge in [0.05, 0.1) is 26.0 Å². The molecular weight excluding hydrogens is 478 g/mol. The number of anilines is 3. The number of nitrogens with zero attached hydrogens (tertiary/aromatic N) is 10. The smallest absolute Gasteiger partial charge is 0.226 e. The van der Waals surface area contributed by atoms with Gasteiger partial charge in [0.25, 0.3) is 0 Å². The van der Waals surface area contributed by atoms with Crippen molar-refractivity contribution in [3.05, 3.63) is 23.8 Å². The fourth-order valence-electron chi connectivity index (χ4n) is 4.53. The first-order chi connectivity index (χ1) is 18.2. The Labute approximate surface area is 215 Å². The lowest BCUT2D eigenvalue weighted by Crippen LogP contribution is -2.40. The number of hydrogen-bond acceptors (Lipinski definition) is 13. The van der Waals surface area contributed by atoms with Gasteiger partial charge < -0.3 is 30.3 Å². The van der Waals surface area contributed by atoms with Crippen molar-refractivity contribution < 1.29 is 9.84 Å². The second-order valence-electron chi connectivity index (χ2n) is 9.28. The van der Waals surface area contributed by atoms with Gasteiger partial charge in [-0.1, -0.05) is 10.4 Å². The standard InChI is InChI=1S/C22H35N13O2/c36-11-1-5-35-16-18(27-32-35)15-23-22-25-20(14-21(26-22)34-9-12-37-13-10-34)24-17-2-6-33(7-3-17)8-4-19-28-30-31-29-19/h14,16-17,36H,1-13,15H2,(H2,23,24,25,26)(H,28,29,30,31). The lowest BCUT2D eigenvalue weighted by atomic mass is 10.0. The monoisotopic (exact) mass is 513 g/mol. The third-order valence-electron chi connectivity index (χ3n) is 6.59. The van der Waals surface area contributed by atoms with E-state index in [1.165, 1.54) is 0 Å². The number of aliphatic hydroxyl groups is 1. The van der Waals surface area contributed by atoms with Crippen molar-refractivity contribution in [2.24, 2.45) is 0 Å². The minimum Gasteiger partial charge on any atom is -0.396 e. The molecule has 200 valence electrons. The number of tetrazole rings is 1. The number of nitrogens with one attached hydrogen (secondary N) is 3. The van der Waals surface area contributed by atoms with E-state index in [4.69, 9.17) is 19.8 Å². The molecule has 15 heteroatoms. The Bertz CT molecular complexity index is 1080. The molecule has 0 atom stereocenters. The van der Waals surface area contributed by atoms with Crippen LogP contribution in [-0.2, 0) is 24.2 Å². The van der Waals surface area contributed by atoms with E-state index in [0.29, 0.717) is 44.7 Å². The van der Waals surface area contributed by atoms with Crippen LogP contribution in [0.1, 0.15) is 30.8 Å². The van der Waals surface area contributed by atoms with E-state index in [1.54, 1.807) is 4.68 Å². The maximum Gasteiger partial charge on any atom is 0.226 e. The number of ether oxygens (including phenoxy) is 1. The summed E-state index contributed by atoms with van der Waals surface area (Å²) in [7, 11) is 0. The summed E-state index contributed by atoms with van der Waals surface area (Å²) in [4.78, 5) is 14.2. The molecule has 3 aromatic heterocycles. The van der Waals surface area contributed by atoms with Gasteiger partial charge in [0, 0.05) is 64.4 Å². The third-order valence-corrected chi connectivity index (χ3v) is 6.59. The summed E-state index contributed by atoms with van der Waals surface area (Å²) in [5.41, 5.74) is 0.793. The largest absolute Gasteiger partial charge is 0.396 e. The van der Waals surface area contributed by atoms with Crippen LogP contribution in [0.2, 0.25) is 0 Å². The van der Waals surface area contributed by atoms with Gasteiger partial charge in [-0.15, -0.1) is 15.3 Å². The fraction of sp³-hybridized carbons (Fsp3) is 0.682. The molecule has 2 saturated heterocycles. The van der Waals surface area contributed by atoms with Crippen LogP contribution < -0.4 is 15.5 Å². The number of hydrogen-bond donors (Lipinski definition) is 4. The summed E-state index contributed by atoms with van der Waals surface area (Å²) in [6.45, 7) is 7.15. The van der Waals surface area contributed by atoms with Gasteiger partial charge in [-0.05, 0) is 19.3 Å². The Hall–Kier alpha value is -3.43. The first kappa shape index (κ1) is 25.2. The number of aromatic nitrogens is 9. The topological polar surface area (TPSA) is 171 Å². The van der Waals surface area contributed by atoms with Gasteiger partial charge in [0.1, 0.15) is 17.3 Å². The zero-order valence-corrected chi connectivity index (χ0v) is 21.0. The predicted molar refractivity (Wildman–Crippen MR) is 135 cm³/mol. The van der Waals surface area contributed by atoms with Crippen LogP contribution in [0.5, 0.6) is 0 Å². The molecule has 2 aliphatic rings. The van der Waals surface area contributed by atoms with Crippen molar-refractivity contribution in [3.63, 3.8) is 0 Å². The molecule has 0 unspecified atom stereocenters. The van der Waals surface area contributed by atoms with Crippen LogP contribution in [0, 0.1) is 0 Å². The summed E-state index contributed by atoms with van der Waals surface area (Å²) < 4.78 is 7.26. The number of morpholine rings is 1. The van der Waals surface area contributed by atoms with Crippen LogP contribution in [0.25, 0.3) is 0 Å². The van der Waals surface area contributed by atoms with Crippen LogP contribution in [0.4, 0.5) is 17.6 Å². The quantitative estimate of drug-likeness (QED) is 0.245. The predicted octanol–water partition coefficient (Wildman–Crippen LogP) is -0.469. The van der Waals surface area contributed by atoms with E-state index in [1.807, 2.05) is 12.3 Å². The van der Waals surface area contributed by atoms with E-state index >= 15 is 0 Å². The lowest BCUT2D eigenvalue weighted by Gasteiger charge is -2.33. The highest BCUT2D eigenvalue weighted by atomic mass is 16.5. The van der Waals surface area contributed by atoms with Crippen molar-refractivity contribution >= 4 is 17.6 Å². The van der Waals surface area contributed by atoms with Crippen molar-refractivity contribution in [3.8, 4) is 0 Å². The van der Waals surface area contributed by atoms with Gasteiger partial charge in [-0.2, -0.15) is 15.2 Å². The Kier molecular flexibility index (Phi) is 8.66. The Morgan fingerprint density at radius 1 is 1.08 bits per heavy atom. The Balaban J connectivity index is 1.19. The molecule has 37 heavy (non-hydrogen) atoms. The molecule has 2 fully saturated rings. The van der Waals surface area contributed by atoms with E-state index in [0.717, 1.165) is 75.1 Å². The van der Waals surface area contributed by atoms with E-state index in [9.17, 15) is 0 Å². The highest BCUT2D eigenvalue weighted by Gasteiger charge is 2.21. The normalized spacial score (nSPS) is 17.3. The zero-order valence-electron chi connectivity index (χ0n) is 21.0. The van der Waals surface area contributed by atoms with Crippen molar-refractivity contribution in [1.29, 1.82) is 0 Å². The number of aliphatic hydroxyl groups excluding tert-OH is 1. The maximum atomic E-state index is 9.02. The SMILES string of the molecule is OCCCn1cc(CNc2nc(NC3CCN(CCc4nn[nH]n4)CC3)cc(N3CCOCC3)n2)nn1. The van der Waals surface area contributed by atoms with E-state index in [2.05, 4.69) is 51.4 Å². The molecule has 15 nitrogen and oxygen atoms in total. The average molecular weight is 514 g/mol. The number of aromatic amines is 1. The lowest BCUT2D eigenvalue weighted by molar-refractivity contribution is 0.122. The first-order valence-corrected chi connectivity index (χ1v) is 12.9. The van der Waals surface area contributed by atoms with Crippen LogP contribution in [0.15, 0.2) is 12.3 Å². The molecule has 2 aliphatic heterocycles. The molecular formula is C22H35N13O2. The summed E-state index contributed by atoms with van der Waals surface area (Å²) in [6, 6.07) is 2.37. The minimum atomic E-state index is 0.130. The number of aryl methyl sites for hydroxylation is 1. The first-order valence-electron chi connectivity index (χ1n) is 12.9. The number of rotatable bonds is 12. The van der Waals surface area contributed by atoms with Crippen molar-refractivity contribution in [1.82, 2.24) is 50.5 Å². The molecule has 0 amide bonds. The Morgan fingerprint density at radius 2 is 1.95 bits per heavy atom. The molecule has 0 bridgehead atoms. The number of likely N-dealkylation sites (tertiary alicyclic amines) is 1. The number of piperidine rings is 1. The average Bonchev–Trinajstić information content (AvgIpc) is 3.63. The van der Waals surface area contributed by atoms with Crippen LogP contribution >= 0.6 is 0 Å². The zero-order chi connectivity index (χ0) is 25.3. The highest BCUT2D eigenvalue weighted by molar-refractivity contribution is 5.54. The third kappa shape index (κ3) is 7.30. The number of H-pyrrole nitrogens is 1. The van der Waals surface area contributed by atoms with Crippen LogP contribution in [-0.4, -0.2) is 114 Å². The van der Waals surface area contributed by atoms with Gasteiger partial charge in [0.15, 0.2) is 5.82 Å². The molecule has 5 heterocycles. The molecule has 0 aromatic carbocycles. The van der Waals surface area contributed by atoms with Crippen LogP contribution in [0.3, 0.4) is 0 Å². The minimum absolute atomic E-state index is 0.130. The fourth-order valence-corrected chi connectivity index (χ4v) is 4.53. The van der Waals surface area contributed by atoms with E-state index < -0.39 is 0 Å². The summed E-state index contributed by atoms with van der Waals surface area (Å²) >= 11 is 0. The highest BCUT2D eigenvalue weighted by Crippen LogP contribution is 2.22. The summed E-state index contributed by atoms with van der Waals surface area (Å²) in [5.74, 6) is 3.00. The second-order valence-corrected chi connectivity index (χ2v) is 9.28. The van der Waals surface area contributed by atoms with Crippen molar-refractivity contribution in [2.45, 2.75) is 44.8 Å². The summed E-state index contributed by atoms with van der Waals surface area (Å²) in [5, 5.41) is 38.5. The van der Waals surface area contributed by atoms with Gasteiger partial charge in [-0.25, -0.2) is 0 Å². The molecule has 5 rings (SSSR count).